The van der Waals surface area contributed by atoms with Crippen LogP contribution in [0.15, 0.2) is 52.9 Å². The molecule has 0 aliphatic heterocycles. The summed E-state index contributed by atoms with van der Waals surface area (Å²) in [6.07, 6.45) is 0. The fourth-order valence-electron chi connectivity index (χ4n) is 2.48. The first-order chi connectivity index (χ1) is 11.4. The molecule has 3 aromatic rings. The van der Waals surface area contributed by atoms with Crippen LogP contribution in [0.3, 0.4) is 0 Å². The zero-order chi connectivity index (χ0) is 17.3. The van der Waals surface area contributed by atoms with Gasteiger partial charge in [0.15, 0.2) is 0 Å². The fraction of sp³-hybridized carbons (Fsp3) is 0.150. The number of halogens is 1. The first-order valence-electron chi connectivity index (χ1n) is 7.69. The Morgan fingerprint density at radius 2 is 1.67 bits per heavy atom. The van der Waals surface area contributed by atoms with Crippen molar-refractivity contribution in [2.45, 2.75) is 20.8 Å². The molecule has 0 saturated carbocycles. The topological polar surface area (TPSA) is 42.2 Å². The summed E-state index contributed by atoms with van der Waals surface area (Å²) >= 11 is 0. The van der Waals surface area contributed by atoms with Gasteiger partial charge in [-0.15, -0.1) is 0 Å². The molecular weight excluding hydrogens is 305 g/mol. The Hall–Kier alpha value is -2.88. The molecule has 0 aliphatic carbocycles. The van der Waals surface area contributed by atoms with Gasteiger partial charge in [0.2, 0.25) is 0 Å². The molecule has 1 aromatic heterocycles. The third-order valence-electron chi connectivity index (χ3n) is 4.06. The average Bonchev–Trinajstić information content (AvgIpc) is 2.93. The third kappa shape index (κ3) is 3.23. The molecule has 1 N–H and O–H groups in total. The lowest BCUT2D eigenvalue weighted by molar-refractivity contribution is 0.102. The number of benzene rings is 2. The minimum absolute atomic E-state index is 0.229. The van der Waals surface area contributed by atoms with Gasteiger partial charge in [-0.05, 0) is 74.4 Å². The summed E-state index contributed by atoms with van der Waals surface area (Å²) < 4.78 is 18.7. The highest BCUT2D eigenvalue weighted by Gasteiger charge is 2.16. The third-order valence-corrected chi connectivity index (χ3v) is 4.06. The van der Waals surface area contributed by atoms with Crippen molar-refractivity contribution in [3.8, 4) is 11.3 Å². The van der Waals surface area contributed by atoms with Gasteiger partial charge in [-0.1, -0.05) is 6.07 Å². The van der Waals surface area contributed by atoms with Crippen LogP contribution in [-0.2, 0) is 0 Å². The summed E-state index contributed by atoms with van der Waals surface area (Å²) in [7, 11) is 0. The Labute approximate surface area is 140 Å². The number of carbonyl (C=O) groups excluding carboxylic acids is 1. The lowest BCUT2D eigenvalue weighted by Gasteiger charge is -2.07. The van der Waals surface area contributed by atoms with Crippen LogP contribution in [0, 0.1) is 26.6 Å². The predicted octanol–water partition coefficient (Wildman–Crippen LogP) is 5.26. The van der Waals surface area contributed by atoms with Gasteiger partial charge < -0.3 is 9.73 Å². The standard InChI is InChI=1S/C20H18FNO2/c1-12-4-9-17(10-13(12)2)22-20(23)18-11-19(24-14(18)3)15-5-7-16(21)8-6-15/h4-11H,1-3H3,(H,22,23). The molecule has 0 saturated heterocycles. The van der Waals surface area contributed by atoms with E-state index in [-0.39, 0.29) is 11.7 Å². The van der Waals surface area contributed by atoms with Gasteiger partial charge >= 0.3 is 0 Å². The van der Waals surface area contributed by atoms with E-state index in [1.165, 1.54) is 17.7 Å². The molecule has 1 amide bonds. The normalized spacial score (nSPS) is 10.7. The maximum atomic E-state index is 13.0. The van der Waals surface area contributed by atoms with Crippen LogP contribution >= 0.6 is 0 Å². The quantitative estimate of drug-likeness (QED) is 0.714. The van der Waals surface area contributed by atoms with E-state index in [9.17, 15) is 9.18 Å². The molecule has 1 heterocycles. The summed E-state index contributed by atoms with van der Waals surface area (Å²) in [5.41, 5.74) is 4.22. The second kappa shape index (κ2) is 6.32. The highest BCUT2D eigenvalue weighted by molar-refractivity contribution is 6.05. The summed E-state index contributed by atoms with van der Waals surface area (Å²) in [5.74, 6) is 0.524. The molecule has 3 nitrogen and oxygen atoms in total. The van der Waals surface area contributed by atoms with E-state index in [0.717, 1.165) is 16.8 Å². The molecule has 0 unspecified atom stereocenters. The molecule has 122 valence electrons. The highest BCUT2D eigenvalue weighted by atomic mass is 19.1. The first-order valence-corrected chi connectivity index (χ1v) is 7.69. The Kier molecular flexibility index (Phi) is 4.21. The van der Waals surface area contributed by atoms with E-state index in [1.54, 1.807) is 25.1 Å². The molecule has 4 heteroatoms. The van der Waals surface area contributed by atoms with Crippen LogP contribution in [0.1, 0.15) is 27.2 Å². The van der Waals surface area contributed by atoms with Crippen molar-refractivity contribution in [3.05, 3.63) is 76.8 Å². The smallest absolute Gasteiger partial charge is 0.259 e. The lowest BCUT2D eigenvalue weighted by Crippen LogP contribution is -2.12. The molecule has 0 fully saturated rings. The molecule has 0 aliphatic rings. The van der Waals surface area contributed by atoms with Gasteiger partial charge in [-0.3, -0.25) is 4.79 Å². The Morgan fingerprint density at radius 1 is 0.958 bits per heavy atom. The van der Waals surface area contributed by atoms with Crippen LogP contribution in [0.2, 0.25) is 0 Å². The van der Waals surface area contributed by atoms with E-state index in [0.29, 0.717) is 17.1 Å². The Morgan fingerprint density at radius 3 is 2.33 bits per heavy atom. The van der Waals surface area contributed by atoms with Crippen molar-refractivity contribution in [2.75, 3.05) is 5.32 Å². The van der Waals surface area contributed by atoms with Gasteiger partial charge in [0, 0.05) is 11.3 Å². The van der Waals surface area contributed by atoms with Crippen molar-refractivity contribution < 1.29 is 13.6 Å². The molecule has 0 spiro atoms. The molecular formula is C20H18FNO2. The maximum absolute atomic E-state index is 13.0. The Bertz CT molecular complexity index is 895. The van der Waals surface area contributed by atoms with Gasteiger partial charge in [-0.25, -0.2) is 4.39 Å². The largest absolute Gasteiger partial charge is 0.461 e. The number of carbonyl (C=O) groups is 1. The molecule has 0 bridgehead atoms. The van der Waals surface area contributed by atoms with E-state index in [1.807, 2.05) is 32.0 Å². The van der Waals surface area contributed by atoms with Crippen LogP contribution in [-0.4, -0.2) is 5.91 Å². The van der Waals surface area contributed by atoms with Crippen LogP contribution in [0.25, 0.3) is 11.3 Å². The van der Waals surface area contributed by atoms with E-state index in [4.69, 9.17) is 4.42 Å². The number of hydrogen-bond acceptors (Lipinski definition) is 2. The SMILES string of the molecule is Cc1ccc(NC(=O)c2cc(-c3ccc(F)cc3)oc2C)cc1C. The van der Waals surface area contributed by atoms with Crippen molar-refractivity contribution in [2.24, 2.45) is 0 Å². The number of anilines is 1. The predicted molar refractivity (Wildman–Crippen MR) is 92.7 cm³/mol. The molecule has 2 aromatic carbocycles. The summed E-state index contributed by atoms with van der Waals surface area (Å²) in [5, 5.41) is 2.88. The second-order valence-electron chi connectivity index (χ2n) is 5.84. The van der Waals surface area contributed by atoms with E-state index in [2.05, 4.69) is 5.32 Å². The van der Waals surface area contributed by atoms with Gasteiger partial charge in [0.05, 0.1) is 5.56 Å². The minimum Gasteiger partial charge on any atom is -0.461 e. The second-order valence-corrected chi connectivity index (χ2v) is 5.84. The average molecular weight is 323 g/mol. The van der Waals surface area contributed by atoms with Crippen LogP contribution in [0.5, 0.6) is 0 Å². The molecule has 3 rings (SSSR count). The monoisotopic (exact) mass is 323 g/mol. The number of aryl methyl sites for hydroxylation is 3. The van der Waals surface area contributed by atoms with E-state index < -0.39 is 0 Å². The number of amides is 1. The molecule has 0 radical (unpaired) electrons. The molecule has 24 heavy (non-hydrogen) atoms. The van der Waals surface area contributed by atoms with Crippen LogP contribution < -0.4 is 5.32 Å². The van der Waals surface area contributed by atoms with Crippen molar-refractivity contribution in [3.63, 3.8) is 0 Å². The minimum atomic E-state index is -0.310. The van der Waals surface area contributed by atoms with Crippen molar-refractivity contribution >= 4 is 11.6 Å². The fourth-order valence-corrected chi connectivity index (χ4v) is 2.48. The summed E-state index contributed by atoms with van der Waals surface area (Å²) in [4.78, 5) is 12.5. The zero-order valence-electron chi connectivity index (χ0n) is 13.8. The molecule has 0 atom stereocenters. The number of nitrogens with one attached hydrogen (secondary N) is 1. The van der Waals surface area contributed by atoms with E-state index >= 15 is 0 Å². The summed E-state index contributed by atoms with van der Waals surface area (Å²) in [6.45, 7) is 5.76. The van der Waals surface area contributed by atoms with Gasteiger partial charge in [0.25, 0.3) is 5.91 Å². The van der Waals surface area contributed by atoms with Crippen LogP contribution in [0.4, 0.5) is 10.1 Å². The number of hydrogen-bond donors (Lipinski definition) is 1. The number of furan rings is 1. The van der Waals surface area contributed by atoms with Gasteiger partial charge in [0.1, 0.15) is 17.3 Å². The highest BCUT2D eigenvalue weighted by Crippen LogP contribution is 2.26. The zero-order valence-corrected chi connectivity index (χ0v) is 13.8. The maximum Gasteiger partial charge on any atom is 0.259 e. The Balaban J connectivity index is 1.85. The summed E-state index contributed by atoms with van der Waals surface area (Å²) in [6, 6.07) is 13.4. The lowest BCUT2D eigenvalue weighted by atomic mass is 10.1. The van der Waals surface area contributed by atoms with Crippen molar-refractivity contribution in [1.82, 2.24) is 0 Å². The number of rotatable bonds is 3. The first kappa shape index (κ1) is 16.0. The van der Waals surface area contributed by atoms with Crippen molar-refractivity contribution in [1.29, 1.82) is 0 Å². The van der Waals surface area contributed by atoms with Gasteiger partial charge in [-0.2, -0.15) is 0 Å².